The first-order chi connectivity index (χ1) is 11.8. The second-order valence-corrected chi connectivity index (χ2v) is 6.88. The summed E-state index contributed by atoms with van der Waals surface area (Å²) in [5.74, 6) is 0.370. The van der Waals surface area contributed by atoms with Gasteiger partial charge in [0, 0.05) is 21.7 Å². The fraction of sp³-hybridized carbons (Fsp3) is 0.250. The molecule has 0 unspecified atom stereocenters. The number of hydrogen-bond donors (Lipinski definition) is 1. The number of benzene rings is 2. The molecule has 4 nitrogen and oxygen atoms in total. The molecule has 5 heteroatoms. The van der Waals surface area contributed by atoms with Crippen LogP contribution in [0.2, 0.25) is 5.02 Å². The predicted molar refractivity (Wildman–Crippen MR) is 99.4 cm³/mol. The highest BCUT2D eigenvalue weighted by Gasteiger charge is 2.34. The van der Waals surface area contributed by atoms with Gasteiger partial charge in [-0.2, -0.15) is 0 Å². The van der Waals surface area contributed by atoms with Crippen molar-refractivity contribution in [3.63, 3.8) is 0 Å². The van der Waals surface area contributed by atoms with Crippen LogP contribution >= 0.6 is 11.6 Å². The molecular weight excluding hydrogens is 338 g/mol. The Labute approximate surface area is 151 Å². The van der Waals surface area contributed by atoms with Gasteiger partial charge in [0.25, 0.3) is 5.91 Å². The van der Waals surface area contributed by atoms with Crippen LogP contribution in [0, 0.1) is 6.92 Å². The van der Waals surface area contributed by atoms with Crippen LogP contribution in [0.25, 0.3) is 10.9 Å². The maximum atomic E-state index is 13.2. The zero-order valence-electron chi connectivity index (χ0n) is 14.4. The Morgan fingerprint density at radius 1 is 1.16 bits per heavy atom. The van der Waals surface area contributed by atoms with Crippen molar-refractivity contribution in [2.24, 2.45) is 0 Å². The van der Waals surface area contributed by atoms with E-state index in [0.717, 1.165) is 22.2 Å². The Balaban J connectivity index is 2.03. The van der Waals surface area contributed by atoms with Crippen molar-refractivity contribution in [1.82, 2.24) is 4.57 Å². The fourth-order valence-electron chi connectivity index (χ4n) is 3.01. The molecule has 1 heterocycles. The summed E-state index contributed by atoms with van der Waals surface area (Å²) >= 11 is 5.90. The van der Waals surface area contributed by atoms with E-state index in [1.165, 1.54) is 0 Å². The van der Waals surface area contributed by atoms with Crippen LogP contribution in [0.15, 0.2) is 48.5 Å². The molecule has 130 valence electrons. The molecule has 0 saturated carbocycles. The molecule has 0 atom stereocenters. The van der Waals surface area contributed by atoms with Crippen LogP contribution in [0.1, 0.15) is 29.9 Å². The molecule has 25 heavy (non-hydrogen) atoms. The van der Waals surface area contributed by atoms with Crippen LogP contribution < -0.4 is 4.74 Å². The smallest absolute Gasteiger partial charge is 0.274 e. The van der Waals surface area contributed by atoms with E-state index >= 15 is 0 Å². The second kappa shape index (κ2) is 6.54. The molecule has 0 aliphatic rings. The lowest BCUT2D eigenvalue weighted by molar-refractivity contribution is 0.0491. The molecule has 0 radical (unpaired) electrons. The number of aromatic nitrogens is 1. The lowest BCUT2D eigenvalue weighted by Crippen LogP contribution is -2.42. The van der Waals surface area contributed by atoms with Gasteiger partial charge in [0.1, 0.15) is 5.75 Å². The van der Waals surface area contributed by atoms with Crippen molar-refractivity contribution in [2.75, 3.05) is 0 Å². The maximum Gasteiger partial charge on any atom is 0.274 e. The van der Waals surface area contributed by atoms with Crippen molar-refractivity contribution in [1.29, 1.82) is 0 Å². The van der Waals surface area contributed by atoms with Gasteiger partial charge in [-0.05, 0) is 51.1 Å². The Morgan fingerprint density at radius 3 is 2.44 bits per heavy atom. The number of fused-ring (bicyclic) bond motifs is 1. The molecule has 3 aromatic rings. The van der Waals surface area contributed by atoms with E-state index in [0.29, 0.717) is 10.8 Å². The molecular formula is C20H20ClNO3. The largest absolute Gasteiger partial charge is 0.478 e. The van der Waals surface area contributed by atoms with E-state index in [9.17, 15) is 9.90 Å². The second-order valence-electron chi connectivity index (χ2n) is 6.45. The van der Waals surface area contributed by atoms with Gasteiger partial charge in [-0.15, -0.1) is 0 Å². The van der Waals surface area contributed by atoms with Crippen LogP contribution in [0.5, 0.6) is 5.75 Å². The zero-order valence-corrected chi connectivity index (χ0v) is 15.2. The number of aliphatic hydroxyl groups excluding tert-OH is 1. The van der Waals surface area contributed by atoms with Crippen LogP contribution in [0.4, 0.5) is 0 Å². The third-order valence-corrected chi connectivity index (χ3v) is 4.56. The molecule has 3 rings (SSSR count). The highest BCUT2D eigenvalue weighted by Crippen LogP contribution is 2.29. The van der Waals surface area contributed by atoms with Gasteiger partial charge < -0.3 is 9.84 Å². The van der Waals surface area contributed by atoms with Gasteiger partial charge in [0.15, 0.2) is 5.60 Å². The summed E-state index contributed by atoms with van der Waals surface area (Å²) in [5.41, 5.74) is 1.15. The standard InChI is InChI=1S/C20H20ClNO3/c1-13-17(12-23)16-6-4-5-7-18(16)22(13)19(24)20(2,3)25-15-10-8-14(21)9-11-15/h4-11,23H,12H2,1-3H3. The third kappa shape index (κ3) is 3.15. The number of carbonyl (C=O) groups excluding carboxylic acids is 1. The monoisotopic (exact) mass is 357 g/mol. The number of halogens is 1. The van der Waals surface area contributed by atoms with Gasteiger partial charge in [-0.3, -0.25) is 9.36 Å². The summed E-state index contributed by atoms with van der Waals surface area (Å²) in [5, 5.41) is 11.2. The molecule has 2 aromatic carbocycles. The summed E-state index contributed by atoms with van der Waals surface area (Å²) in [7, 11) is 0. The maximum absolute atomic E-state index is 13.2. The summed E-state index contributed by atoms with van der Waals surface area (Å²) in [6.07, 6.45) is 0. The minimum Gasteiger partial charge on any atom is -0.478 e. The van der Waals surface area contributed by atoms with Crippen molar-refractivity contribution in [2.45, 2.75) is 33.0 Å². The van der Waals surface area contributed by atoms with Crippen LogP contribution in [-0.4, -0.2) is 21.2 Å². The average molecular weight is 358 g/mol. The highest BCUT2D eigenvalue weighted by molar-refractivity contribution is 6.30. The number of aliphatic hydroxyl groups is 1. The van der Waals surface area contributed by atoms with Crippen LogP contribution in [0.3, 0.4) is 0 Å². The lowest BCUT2D eigenvalue weighted by atomic mass is 10.1. The van der Waals surface area contributed by atoms with Gasteiger partial charge >= 0.3 is 0 Å². The predicted octanol–water partition coefficient (Wildman–Crippen LogP) is 4.59. The first-order valence-electron chi connectivity index (χ1n) is 8.04. The van der Waals surface area contributed by atoms with E-state index < -0.39 is 5.60 Å². The molecule has 1 aromatic heterocycles. The van der Waals surface area contributed by atoms with E-state index in [-0.39, 0.29) is 12.5 Å². The number of hydrogen-bond acceptors (Lipinski definition) is 3. The van der Waals surface area contributed by atoms with E-state index in [1.807, 2.05) is 31.2 Å². The topological polar surface area (TPSA) is 51.5 Å². The molecule has 0 saturated heterocycles. The molecule has 1 N–H and O–H groups in total. The third-order valence-electron chi connectivity index (χ3n) is 4.31. The quantitative estimate of drug-likeness (QED) is 0.742. The summed E-state index contributed by atoms with van der Waals surface area (Å²) in [4.78, 5) is 13.2. The van der Waals surface area contributed by atoms with Crippen molar-refractivity contribution >= 4 is 28.4 Å². The Morgan fingerprint density at radius 2 is 1.80 bits per heavy atom. The molecule has 0 amide bonds. The fourth-order valence-corrected chi connectivity index (χ4v) is 3.13. The number of carbonyl (C=O) groups is 1. The lowest BCUT2D eigenvalue weighted by Gasteiger charge is -2.26. The number of para-hydroxylation sites is 1. The molecule has 0 aliphatic heterocycles. The molecule has 0 spiro atoms. The van der Waals surface area contributed by atoms with E-state index in [1.54, 1.807) is 42.7 Å². The van der Waals surface area contributed by atoms with Gasteiger partial charge in [0.05, 0.1) is 12.1 Å². The highest BCUT2D eigenvalue weighted by atomic mass is 35.5. The van der Waals surface area contributed by atoms with Crippen molar-refractivity contribution < 1.29 is 14.6 Å². The average Bonchev–Trinajstić information content (AvgIpc) is 2.87. The number of rotatable bonds is 4. The van der Waals surface area contributed by atoms with Crippen molar-refractivity contribution in [3.05, 3.63) is 64.8 Å². The van der Waals surface area contributed by atoms with Gasteiger partial charge in [-0.1, -0.05) is 29.8 Å². The minimum atomic E-state index is -1.09. The SMILES string of the molecule is Cc1c(CO)c2ccccc2n1C(=O)C(C)(C)Oc1ccc(Cl)cc1. The summed E-state index contributed by atoms with van der Waals surface area (Å²) < 4.78 is 7.55. The Kier molecular flexibility index (Phi) is 4.58. The molecule has 0 aliphatic carbocycles. The first-order valence-corrected chi connectivity index (χ1v) is 8.42. The summed E-state index contributed by atoms with van der Waals surface area (Å²) in [6, 6.07) is 14.5. The van der Waals surface area contributed by atoms with Crippen LogP contribution in [-0.2, 0) is 6.61 Å². The Hall–Kier alpha value is -2.30. The van der Waals surface area contributed by atoms with E-state index in [2.05, 4.69) is 0 Å². The van der Waals surface area contributed by atoms with Crippen molar-refractivity contribution in [3.8, 4) is 5.75 Å². The molecule has 0 bridgehead atoms. The summed E-state index contributed by atoms with van der Waals surface area (Å²) in [6.45, 7) is 5.18. The first kappa shape index (κ1) is 17.5. The van der Waals surface area contributed by atoms with Gasteiger partial charge in [0.2, 0.25) is 0 Å². The normalized spacial score (nSPS) is 11.7. The number of ether oxygens (including phenoxy) is 1. The molecule has 0 fully saturated rings. The minimum absolute atomic E-state index is 0.120. The number of nitrogens with zero attached hydrogens (tertiary/aromatic N) is 1. The Bertz CT molecular complexity index is 926. The zero-order chi connectivity index (χ0) is 18.2. The van der Waals surface area contributed by atoms with Gasteiger partial charge in [-0.25, -0.2) is 0 Å². The van der Waals surface area contributed by atoms with E-state index in [4.69, 9.17) is 16.3 Å².